The Bertz CT molecular complexity index is 903. The Morgan fingerprint density at radius 2 is 1.75 bits per heavy atom. The maximum atomic E-state index is 12.4. The molecule has 0 aliphatic carbocycles. The van der Waals surface area contributed by atoms with E-state index in [2.05, 4.69) is 5.32 Å². The van der Waals surface area contributed by atoms with Crippen molar-refractivity contribution in [3.63, 3.8) is 0 Å². The van der Waals surface area contributed by atoms with E-state index in [0.717, 1.165) is 10.6 Å². The molecule has 1 amide bonds. The van der Waals surface area contributed by atoms with Crippen LogP contribution in [-0.2, 0) is 14.8 Å². The van der Waals surface area contributed by atoms with E-state index < -0.39 is 15.9 Å². The number of nitrogens with one attached hydrogen (secondary N) is 1. The molecular formula is C19H23ClN2O5S. The lowest BCUT2D eigenvalue weighted by Gasteiger charge is -2.24. The smallest absolute Gasteiger partial charge is 0.241 e. The molecule has 152 valence electrons. The number of carbonyl (C=O) groups is 1. The lowest BCUT2D eigenvalue weighted by atomic mass is 10.3. The van der Waals surface area contributed by atoms with Crippen LogP contribution >= 0.6 is 11.6 Å². The third-order valence-electron chi connectivity index (χ3n) is 3.78. The number of ether oxygens (including phenoxy) is 2. The van der Waals surface area contributed by atoms with Gasteiger partial charge in [-0.15, -0.1) is 0 Å². The van der Waals surface area contributed by atoms with Crippen LogP contribution in [0.4, 0.5) is 5.69 Å². The van der Waals surface area contributed by atoms with E-state index in [1.165, 1.54) is 0 Å². The summed E-state index contributed by atoms with van der Waals surface area (Å²) in [5.74, 6) is 0.890. The molecule has 0 fully saturated rings. The van der Waals surface area contributed by atoms with Crippen molar-refractivity contribution in [1.82, 2.24) is 5.32 Å². The molecule has 1 N–H and O–H groups in total. The van der Waals surface area contributed by atoms with Crippen LogP contribution in [0.1, 0.15) is 6.92 Å². The minimum Gasteiger partial charge on any atom is -0.497 e. The van der Waals surface area contributed by atoms with Gasteiger partial charge in [-0.05, 0) is 43.3 Å². The molecule has 2 aromatic rings. The first-order valence-corrected chi connectivity index (χ1v) is 10.7. The summed E-state index contributed by atoms with van der Waals surface area (Å²) < 4.78 is 35.9. The van der Waals surface area contributed by atoms with Gasteiger partial charge in [0.25, 0.3) is 0 Å². The summed E-state index contributed by atoms with van der Waals surface area (Å²) >= 11 is 6.09. The van der Waals surface area contributed by atoms with E-state index in [-0.39, 0.29) is 29.9 Å². The molecule has 2 rings (SSSR count). The Kier molecular flexibility index (Phi) is 7.53. The zero-order valence-corrected chi connectivity index (χ0v) is 17.5. The Morgan fingerprint density at radius 3 is 2.32 bits per heavy atom. The third kappa shape index (κ3) is 6.31. The maximum Gasteiger partial charge on any atom is 0.241 e. The van der Waals surface area contributed by atoms with Crippen LogP contribution in [-0.4, -0.2) is 46.9 Å². The Hall–Kier alpha value is -2.45. The highest BCUT2D eigenvalue weighted by Crippen LogP contribution is 2.26. The summed E-state index contributed by atoms with van der Waals surface area (Å²) in [6.07, 6.45) is 1.03. The topological polar surface area (TPSA) is 84.9 Å². The predicted molar refractivity (Wildman–Crippen MR) is 110 cm³/mol. The lowest BCUT2D eigenvalue weighted by Crippen LogP contribution is -2.45. The normalized spacial score (nSPS) is 12.1. The monoisotopic (exact) mass is 426 g/mol. The van der Waals surface area contributed by atoms with E-state index in [9.17, 15) is 13.2 Å². The highest BCUT2D eigenvalue weighted by molar-refractivity contribution is 7.92. The highest BCUT2D eigenvalue weighted by atomic mass is 35.5. The largest absolute Gasteiger partial charge is 0.497 e. The zero-order chi connectivity index (χ0) is 20.7. The highest BCUT2D eigenvalue weighted by Gasteiger charge is 2.23. The molecule has 0 saturated carbocycles. The molecule has 0 radical (unpaired) electrons. The first kappa shape index (κ1) is 21.8. The lowest BCUT2D eigenvalue weighted by molar-refractivity contribution is -0.120. The van der Waals surface area contributed by atoms with Crippen molar-refractivity contribution < 1.29 is 22.7 Å². The van der Waals surface area contributed by atoms with Crippen molar-refractivity contribution in [1.29, 1.82) is 0 Å². The van der Waals surface area contributed by atoms with Crippen LogP contribution in [0.2, 0.25) is 5.02 Å². The first-order valence-electron chi connectivity index (χ1n) is 8.49. The molecule has 0 bridgehead atoms. The Morgan fingerprint density at radius 1 is 1.14 bits per heavy atom. The Labute approximate surface area is 170 Å². The molecule has 0 aromatic heterocycles. The van der Waals surface area contributed by atoms with E-state index in [0.29, 0.717) is 11.5 Å². The van der Waals surface area contributed by atoms with Gasteiger partial charge in [0.2, 0.25) is 15.9 Å². The minimum atomic E-state index is -3.69. The van der Waals surface area contributed by atoms with Gasteiger partial charge in [-0.1, -0.05) is 23.7 Å². The van der Waals surface area contributed by atoms with Crippen molar-refractivity contribution in [2.45, 2.75) is 13.0 Å². The average Bonchev–Trinajstić information content (AvgIpc) is 2.65. The van der Waals surface area contributed by atoms with Gasteiger partial charge in [-0.3, -0.25) is 9.10 Å². The fourth-order valence-electron chi connectivity index (χ4n) is 2.42. The van der Waals surface area contributed by atoms with Crippen molar-refractivity contribution >= 4 is 33.2 Å². The fourth-order valence-corrected chi connectivity index (χ4v) is 3.58. The van der Waals surface area contributed by atoms with Crippen molar-refractivity contribution in [3.05, 3.63) is 53.6 Å². The number of para-hydroxylation sites is 1. The van der Waals surface area contributed by atoms with Crippen LogP contribution in [0.25, 0.3) is 0 Å². The molecule has 1 atom stereocenters. The SMILES string of the molecule is COc1ccc(OCC(C)NC(=O)CN(c2ccccc2Cl)S(C)(=O)=O)cc1. The van der Waals surface area contributed by atoms with Gasteiger partial charge in [0.05, 0.1) is 30.1 Å². The second kappa shape index (κ2) is 9.66. The van der Waals surface area contributed by atoms with Crippen molar-refractivity contribution in [2.75, 3.05) is 30.8 Å². The van der Waals surface area contributed by atoms with E-state index in [1.807, 2.05) is 0 Å². The number of halogens is 1. The van der Waals surface area contributed by atoms with Crippen LogP contribution in [0.15, 0.2) is 48.5 Å². The first-order chi connectivity index (χ1) is 13.2. The number of hydrogen-bond acceptors (Lipinski definition) is 5. The number of methoxy groups -OCH3 is 1. The molecule has 0 heterocycles. The van der Waals surface area contributed by atoms with Crippen molar-refractivity contribution in [2.24, 2.45) is 0 Å². The van der Waals surface area contributed by atoms with Crippen LogP contribution in [0.5, 0.6) is 11.5 Å². The molecule has 1 unspecified atom stereocenters. The summed E-state index contributed by atoms with van der Waals surface area (Å²) in [5.41, 5.74) is 0.254. The number of sulfonamides is 1. The number of nitrogens with zero attached hydrogens (tertiary/aromatic N) is 1. The Balaban J connectivity index is 1.95. The van der Waals surface area contributed by atoms with Gasteiger partial charge in [-0.2, -0.15) is 0 Å². The summed E-state index contributed by atoms with van der Waals surface area (Å²) in [4.78, 5) is 12.4. The molecule has 9 heteroatoms. The van der Waals surface area contributed by atoms with E-state index >= 15 is 0 Å². The predicted octanol–water partition coefficient (Wildman–Crippen LogP) is 2.70. The summed E-state index contributed by atoms with van der Waals surface area (Å²) in [5, 5.41) is 2.97. The van der Waals surface area contributed by atoms with Gasteiger partial charge in [0.1, 0.15) is 24.7 Å². The summed E-state index contributed by atoms with van der Waals surface area (Å²) in [6, 6.07) is 13.2. The fraction of sp³-hybridized carbons (Fsp3) is 0.316. The van der Waals surface area contributed by atoms with Gasteiger partial charge in [0, 0.05) is 0 Å². The third-order valence-corrected chi connectivity index (χ3v) is 5.22. The number of anilines is 1. The number of carbonyl (C=O) groups excluding carboxylic acids is 1. The summed E-state index contributed by atoms with van der Waals surface area (Å²) in [6.45, 7) is 1.61. The molecule has 7 nitrogen and oxygen atoms in total. The quantitative estimate of drug-likeness (QED) is 0.666. The molecule has 0 saturated heterocycles. The van der Waals surface area contributed by atoms with E-state index in [4.69, 9.17) is 21.1 Å². The molecule has 0 aliphatic heterocycles. The van der Waals surface area contributed by atoms with Crippen LogP contribution < -0.4 is 19.1 Å². The van der Waals surface area contributed by atoms with Gasteiger partial charge < -0.3 is 14.8 Å². The minimum absolute atomic E-state index is 0.225. The molecule has 2 aromatic carbocycles. The number of benzene rings is 2. The molecule has 28 heavy (non-hydrogen) atoms. The molecular weight excluding hydrogens is 404 g/mol. The number of rotatable bonds is 9. The molecule has 0 spiro atoms. The second-order valence-electron chi connectivity index (χ2n) is 6.18. The summed E-state index contributed by atoms with van der Waals surface area (Å²) in [7, 11) is -2.11. The van der Waals surface area contributed by atoms with Gasteiger partial charge in [-0.25, -0.2) is 8.42 Å². The van der Waals surface area contributed by atoms with E-state index in [1.54, 1.807) is 62.6 Å². The van der Waals surface area contributed by atoms with Gasteiger partial charge >= 0.3 is 0 Å². The number of hydrogen-bond donors (Lipinski definition) is 1. The molecule has 0 aliphatic rings. The van der Waals surface area contributed by atoms with Crippen molar-refractivity contribution in [3.8, 4) is 11.5 Å². The van der Waals surface area contributed by atoms with Crippen LogP contribution in [0, 0.1) is 0 Å². The van der Waals surface area contributed by atoms with Gasteiger partial charge in [0.15, 0.2) is 0 Å². The number of amides is 1. The maximum absolute atomic E-state index is 12.4. The zero-order valence-electron chi connectivity index (χ0n) is 15.9. The second-order valence-corrected chi connectivity index (χ2v) is 8.49. The van der Waals surface area contributed by atoms with Crippen LogP contribution in [0.3, 0.4) is 0 Å². The average molecular weight is 427 g/mol. The standard InChI is InChI=1S/C19H23ClN2O5S/c1-14(13-27-16-10-8-15(26-2)9-11-16)21-19(23)12-22(28(3,24)25)18-7-5-4-6-17(18)20/h4-11,14H,12-13H2,1-3H3,(H,21,23).